The Hall–Kier alpha value is -1.88. The van der Waals surface area contributed by atoms with Crippen LogP contribution in [0.3, 0.4) is 0 Å². The lowest BCUT2D eigenvalue weighted by molar-refractivity contribution is 0.102. The molecule has 0 saturated heterocycles. The smallest absolute Gasteiger partial charge is 0.274 e. The number of rotatable bonds is 4. The quantitative estimate of drug-likeness (QED) is 0.893. The molecular formula is C15H16BrN3O. The molecule has 0 fully saturated rings. The van der Waals surface area contributed by atoms with Crippen LogP contribution in [0.25, 0.3) is 0 Å². The van der Waals surface area contributed by atoms with Crippen molar-refractivity contribution in [3.05, 3.63) is 52.1 Å². The highest BCUT2D eigenvalue weighted by atomic mass is 79.9. The Bertz CT molecular complexity index is 628. The number of hydrogen-bond donors (Lipinski definition) is 2. The molecule has 1 aromatic heterocycles. The van der Waals surface area contributed by atoms with Crippen LogP contribution in [0.2, 0.25) is 0 Å². The normalized spacial score (nSPS) is 10.2. The monoisotopic (exact) mass is 333 g/mol. The molecule has 4 nitrogen and oxygen atoms in total. The first-order valence-corrected chi connectivity index (χ1v) is 7.18. The van der Waals surface area contributed by atoms with Gasteiger partial charge in [0.25, 0.3) is 5.91 Å². The van der Waals surface area contributed by atoms with Gasteiger partial charge in [-0.3, -0.25) is 4.79 Å². The van der Waals surface area contributed by atoms with E-state index in [0.717, 1.165) is 22.3 Å². The van der Waals surface area contributed by atoms with Crippen molar-refractivity contribution < 1.29 is 4.79 Å². The summed E-state index contributed by atoms with van der Waals surface area (Å²) in [5, 5.41) is 5.95. The molecule has 0 unspecified atom stereocenters. The number of carbonyl (C=O) groups is 1. The number of nitrogens with one attached hydrogen (secondary N) is 2. The predicted molar refractivity (Wildman–Crippen MR) is 85.2 cm³/mol. The van der Waals surface area contributed by atoms with E-state index in [0.29, 0.717) is 11.5 Å². The van der Waals surface area contributed by atoms with E-state index in [2.05, 4.69) is 31.5 Å². The van der Waals surface area contributed by atoms with Gasteiger partial charge in [-0.15, -0.1) is 0 Å². The second-order valence-electron chi connectivity index (χ2n) is 4.38. The summed E-state index contributed by atoms with van der Waals surface area (Å²) in [6.07, 6.45) is 0. The molecule has 5 heteroatoms. The van der Waals surface area contributed by atoms with E-state index in [1.54, 1.807) is 6.07 Å². The van der Waals surface area contributed by atoms with Gasteiger partial charge in [0.1, 0.15) is 11.5 Å². The Morgan fingerprint density at radius 3 is 2.85 bits per heavy atom. The Balaban J connectivity index is 2.19. The summed E-state index contributed by atoms with van der Waals surface area (Å²) in [6, 6.07) is 11.1. The molecule has 2 aromatic rings. The largest absolute Gasteiger partial charge is 0.370 e. The molecular weight excluding hydrogens is 318 g/mol. The fourth-order valence-corrected chi connectivity index (χ4v) is 2.11. The molecule has 0 radical (unpaired) electrons. The molecule has 2 N–H and O–H groups in total. The van der Waals surface area contributed by atoms with Gasteiger partial charge in [0.15, 0.2) is 0 Å². The number of benzene rings is 1. The van der Waals surface area contributed by atoms with Crippen molar-refractivity contribution in [2.75, 3.05) is 17.2 Å². The van der Waals surface area contributed by atoms with Crippen LogP contribution < -0.4 is 10.6 Å². The van der Waals surface area contributed by atoms with Crippen molar-refractivity contribution in [1.82, 2.24) is 4.98 Å². The SMILES string of the molecule is CCNc1cccc(C(=O)Nc2cc(C)ccc2Br)n1. The second kappa shape index (κ2) is 6.52. The van der Waals surface area contributed by atoms with Gasteiger partial charge in [-0.05, 0) is 59.6 Å². The van der Waals surface area contributed by atoms with Crippen molar-refractivity contribution in [2.45, 2.75) is 13.8 Å². The molecule has 0 atom stereocenters. The van der Waals surface area contributed by atoms with E-state index >= 15 is 0 Å². The molecule has 0 aliphatic rings. The van der Waals surface area contributed by atoms with Gasteiger partial charge in [-0.25, -0.2) is 4.98 Å². The topological polar surface area (TPSA) is 54.0 Å². The van der Waals surface area contributed by atoms with Gasteiger partial charge in [-0.2, -0.15) is 0 Å². The fraction of sp³-hybridized carbons (Fsp3) is 0.200. The molecule has 0 bridgehead atoms. The molecule has 1 aromatic carbocycles. The summed E-state index contributed by atoms with van der Waals surface area (Å²) < 4.78 is 0.847. The van der Waals surface area contributed by atoms with E-state index in [1.165, 1.54) is 0 Å². The van der Waals surface area contributed by atoms with Gasteiger partial charge in [0, 0.05) is 11.0 Å². The zero-order valence-electron chi connectivity index (χ0n) is 11.4. The number of pyridine rings is 1. The van der Waals surface area contributed by atoms with Crippen molar-refractivity contribution >= 4 is 33.3 Å². The van der Waals surface area contributed by atoms with Gasteiger partial charge in [0.2, 0.25) is 0 Å². The lowest BCUT2D eigenvalue weighted by Gasteiger charge is -2.09. The van der Waals surface area contributed by atoms with Gasteiger partial charge in [0.05, 0.1) is 5.69 Å². The lowest BCUT2D eigenvalue weighted by atomic mass is 10.2. The summed E-state index contributed by atoms with van der Waals surface area (Å²) >= 11 is 3.42. The molecule has 0 spiro atoms. The maximum absolute atomic E-state index is 12.2. The maximum Gasteiger partial charge on any atom is 0.274 e. The number of carbonyl (C=O) groups excluding carboxylic acids is 1. The molecule has 1 heterocycles. The minimum absolute atomic E-state index is 0.226. The number of nitrogens with zero attached hydrogens (tertiary/aromatic N) is 1. The van der Waals surface area contributed by atoms with Gasteiger partial charge in [-0.1, -0.05) is 12.1 Å². The Morgan fingerprint density at radius 2 is 2.10 bits per heavy atom. The van der Waals surface area contributed by atoms with E-state index in [1.807, 2.05) is 44.2 Å². The van der Waals surface area contributed by atoms with E-state index < -0.39 is 0 Å². The van der Waals surface area contributed by atoms with Crippen LogP contribution in [0, 0.1) is 6.92 Å². The van der Waals surface area contributed by atoms with Crippen LogP contribution in [-0.4, -0.2) is 17.4 Å². The number of aryl methyl sites for hydroxylation is 1. The first kappa shape index (κ1) is 14.5. The van der Waals surface area contributed by atoms with Crippen molar-refractivity contribution in [1.29, 1.82) is 0 Å². The minimum Gasteiger partial charge on any atom is -0.370 e. The van der Waals surface area contributed by atoms with E-state index in [9.17, 15) is 4.79 Å². The molecule has 2 rings (SSSR count). The third-order valence-electron chi connectivity index (χ3n) is 2.71. The number of halogens is 1. The van der Waals surface area contributed by atoms with Gasteiger partial charge < -0.3 is 10.6 Å². The number of amides is 1. The van der Waals surface area contributed by atoms with Crippen LogP contribution in [-0.2, 0) is 0 Å². The fourth-order valence-electron chi connectivity index (χ4n) is 1.76. The summed E-state index contributed by atoms with van der Waals surface area (Å²) in [7, 11) is 0. The second-order valence-corrected chi connectivity index (χ2v) is 5.23. The number of anilines is 2. The average molecular weight is 334 g/mol. The van der Waals surface area contributed by atoms with E-state index in [-0.39, 0.29) is 5.91 Å². The molecule has 104 valence electrons. The molecule has 0 aliphatic heterocycles. The highest BCUT2D eigenvalue weighted by Gasteiger charge is 2.10. The summed E-state index contributed by atoms with van der Waals surface area (Å²) in [4.78, 5) is 16.5. The van der Waals surface area contributed by atoms with Crippen molar-refractivity contribution in [2.24, 2.45) is 0 Å². The zero-order chi connectivity index (χ0) is 14.5. The zero-order valence-corrected chi connectivity index (χ0v) is 13.0. The maximum atomic E-state index is 12.2. The van der Waals surface area contributed by atoms with Crippen molar-refractivity contribution in [3.63, 3.8) is 0 Å². The van der Waals surface area contributed by atoms with Gasteiger partial charge >= 0.3 is 0 Å². The third kappa shape index (κ3) is 3.57. The average Bonchev–Trinajstić information content (AvgIpc) is 2.43. The Kier molecular flexibility index (Phi) is 4.74. The Labute approximate surface area is 126 Å². The van der Waals surface area contributed by atoms with Crippen molar-refractivity contribution in [3.8, 4) is 0 Å². The minimum atomic E-state index is -0.226. The summed E-state index contributed by atoms with van der Waals surface area (Å²) in [5.74, 6) is 0.472. The molecule has 0 saturated carbocycles. The van der Waals surface area contributed by atoms with Crippen LogP contribution in [0.1, 0.15) is 23.0 Å². The van der Waals surface area contributed by atoms with E-state index in [4.69, 9.17) is 0 Å². The number of hydrogen-bond acceptors (Lipinski definition) is 3. The molecule has 0 aliphatic carbocycles. The molecule has 1 amide bonds. The first-order valence-electron chi connectivity index (χ1n) is 6.38. The van der Waals surface area contributed by atoms with Crippen LogP contribution in [0.15, 0.2) is 40.9 Å². The standard InChI is InChI=1S/C15H16BrN3O/c1-3-17-14-6-4-5-12(18-14)15(20)19-13-9-10(2)7-8-11(13)16/h4-9H,3H2,1-2H3,(H,17,18)(H,19,20). The predicted octanol–water partition coefficient (Wildman–Crippen LogP) is 3.84. The van der Waals surface area contributed by atoms with Crippen LogP contribution >= 0.6 is 15.9 Å². The highest BCUT2D eigenvalue weighted by molar-refractivity contribution is 9.10. The summed E-state index contributed by atoms with van der Waals surface area (Å²) in [5.41, 5.74) is 2.21. The first-order chi connectivity index (χ1) is 9.60. The third-order valence-corrected chi connectivity index (χ3v) is 3.40. The summed E-state index contributed by atoms with van der Waals surface area (Å²) in [6.45, 7) is 4.73. The van der Waals surface area contributed by atoms with Crippen LogP contribution in [0.5, 0.6) is 0 Å². The van der Waals surface area contributed by atoms with Crippen LogP contribution in [0.4, 0.5) is 11.5 Å². The molecule has 20 heavy (non-hydrogen) atoms. The number of aromatic nitrogens is 1. The Morgan fingerprint density at radius 1 is 1.30 bits per heavy atom. The lowest BCUT2D eigenvalue weighted by Crippen LogP contribution is -2.15. The highest BCUT2D eigenvalue weighted by Crippen LogP contribution is 2.23.